The van der Waals surface area contributed by atoms with Crippen LogP contribution in [0.4, 0.5) is 0 Å². The Morgan fingerprint density at radius 2 is 1.65 bits per heavy atom. The van der Waals surface area contributed by atoms with Gasteiger partial charge < -0.3 is 5.11 Å². The van der Waals surface area contributed by atoms with Crippen molar-refractivity contribution in [1.82, 2.24) is 0 Å². The van der Waals surface area contributed by atoms with Gasteiger partial charge in [-0.05, 0) is 43.2 Å². The van der Waals surface area contributed by atoms with E-state index >= 15 is 0 Å². The molecule has 2 heteroatoms. The van der Waals surface area contributed by atoms with Gasteiger partial charge in [-0.1, -0.05) is 49.9 Å². The molecule has 0 heterocycles. The van der Waals surface area contributed by atoms with Gasteiger partial charge in [-0.2, -0.15) is 5.26 Å². The molecule has 0 bridgehead atoms. The summed E-state index contributed by atoms with van der Waals surface area (Å²) < 4.78 is 0. The number of benzene rings is 1. The van der Waals surface area contributed by atoms with Crippen LogP contribution in [0.1, 0.15) is 62.5 Å². The predicted molar refractivity (Wildman–Crippen MR) is 79.0 cm³/mol. The van der Waals surface area contributed by atoms with Gasteiger partial charge in [-0.3, -0.25) is 0 Å². The highest BCUT2D eigenvalue weighted by Crippen LogP contribution is 2.53. The van der Waals surface area contributed by atoms with Gasteiger partial charge in [0, 0.05) is 0 Å². The lowest BCUT2D eigenvalue weighted by atomic mass is 9.60. The average molecular weight is 269 g/mol. The molecular weight excluding hydrogens is 246 g/mol. The second-order valence-corrected chi connectivity index (χ2v) is 6.48. The molecule has 1 N–H and O–H groups in total. The SMILES string of the molecule is N#CC1(C2(O)CCCc3ccccc32)CCCCCC1. The summed E-state index contributed by atoms with van der Waals surface area (Å²) >= 11 is 0. The van der Waals surface area contributed by atoms with Crippen LogP contribution in [0.3, 0.4) is 0 Å². The zero-order valence-corrected chi connectivity index (χ0v) is 12.1. The fourth-order valence-electron chi connectivity index (χ4n) is 4.26. The fourth-order valence-corrected chi connectivity index (χ4v) is 4.26. The summed E-state index contributed by atoms with van der Waals surface area (Å²) in [7, 11) is 0. The molecule has 20 heavy (non-hydrogen) atoms. The summed E-state index contributed by atoms with van der Waals surface area (Å²) in [5.41, 5.74) is 0.732. The quantitative estimate of drug-likeness (QED) is 0.781. The Kier molecular flexibility index (Phi) is 3.56. The van der Waals surface area contributed by atoms with E-state index in [1.54, 1.807) is 0 Å². The molecule has 2 aliphatic rings. The minimum atomic E-state index is -0.944. The van der Waals surface area contributed by atoms with E-state index in [2.05, 4.69) is 12.1 Å². The molecule has 1 saturated carbocycles. The molecular formula is C18H23NO. The molecule has 3 rings (SSSR count). The van der Waals surface area contributed by atoms with Gasteiger partial charge in [-0.25, -0.2) is 0 Å². The van der Waals surface area contributed by atoms with Gasteiger partial charge in [0.15, 0.2) is 0 Å². The normalized spacial score (nSPS) is 29.0. The number of nitriles is 1. The molecule has 2 nitrogen and oxygen atoms in total. The fraction of sp³-hybridized carbons (Fsp3) is 0.611. The first-order valence-corrected chi connectivity index (χ1v) is 7.94. The topological polar surface area (TPSA) is 44.0 Å². The van der Waals surface area contributed by atoms with E-state index in [1.807, 2.05) is 18.2 Å². The summed E-state index contributed by atoms with van der Waals surface area (Å²) in [4.78, 5) is 0. The second kappa shape index (κ2) is 5.22. The van der Waals surface area contributed by atoms with Crippen molar-refractivity contribution in [3.8, 4) is 6.07 Å². The van der Waals surface area contributed by atoms with E-state index < -0.39 is 11.0 Å². The Morgan fingerprint density at radius 1 is 0.950 bits per heavy atom. The van der Waals surface area contributed by atoms with Crippen molar-refractivity contribution in [1.29, 1.82) is 5.26 Å². The number of hydrogen-bond donors (Lipinski definition) is 1. The van der Waals surface area contributed by atoms with Crippen LogP contribution in [-0.4, -0.2) is 5.11 Å². The molecule has 1 unspecified atom stereocenters. The van der Waals surface area contributed by atoms with Gasteiger partial charge in [0.25, 0.3) is 0 Å². The molecule has 0 aromatic heterocycles. The first-order chi connectivity index (χ1) is 9.72. The number of rotatable bonds is 1. The predicted octanol–water partition coefficient (Wildman–Crippen LogP) is 4.07. The zero-order chi connectivity index (χ0) is 14.1. The van der Waals surface area contributed by atoms with Crippen LogP contribution in [0.15, 0.2) is 24.3 Å². The Balaban J connectivity index is 2.09. The Bertz CT molecular complexity index is 522. The summed E-state index contributed by atoms with van der Waals surface area (Å²) in [6.07, 6.45) is 8.95. The third-order valence-corrected chi connectivity index (χ3v) is 5.41. The van der Waals surface area contributed by atoms with Crippen LogP contribution in [0.25, 0.3) is 0 Å². The number of hydrogen-bond acceptors (Lipinski definition) is 2. The molecule has 1 atom stereocenters. The average Bonchev–Trinajstić information content (AvgIpc) is 2.74. The molecule has 0 spiro atoms. The Hall–Kier alpha value is -1.33. The number of aliphatic hydroxyl groups is 1. The maximum Gasteiger partial charge on any atom is 0.108 e. The van der Waals surface area contributed by atoms with Crippen molar-refractivity contribution in [2.24, 2.45) is 5.41 Å². The number of nitrogens with zero attached hydrogens (tertiary/aromatic N) is 1. The lowest BCUT2D eigenvalue weighted by Gasteiger charge is -2.46. The smallest absolute Gasteiger partial charge is 0.108 e. The molecule has 0 radical (unpaired) electrons. The third-order valence-electron chi connectivity index (χ3n) is 5.41. The summed E-state index contributed by atoms with van der Waals surface area (Å²) in [6, 6.07) is 10.7. The van der Waals surface area contributed by atoms with E-state index in [0.717, 1.165) is 50.5 Å². The van der Waals surface area contributed by atoms with Crippen molar-refractivity contribution >= 4 is 0 Å². The lowest BCUT2D eigenvalue weighted by Crippen LogP contribution is -2.47. The van der Waals surface area contributed by atoms with Crippen LogP contribution in [-0.2, 0) is 12.0 Å². The summed E-state index contributed by atoms with van der Waals surface area (Å²) in [5.74, 6) is 0. The Labute approximate surface area is 121 Å². The molecule has 1 fully saturated rings. The maximum atomic E-state index is 11.5. The standard InChI is InChI=1S/C18H23NO/c19-14-17(11-5-1-2-6-12-17)18(20)13-7-9-15-8-3-4-10-16(15)18/h3-4,8,10,20H,1-2,5-7,9,11-13H2. The van der Waals surface area contributed by atoms with Gasteiger partial charge in [0.05, 0.1) is 11.5 Å². The molecule has 0 amide bonds. The van der Waals surface area contributed by atoms with Crippen molar-refractivity contribution in [2.45, 2.75) is 63.4 Å². The zero-order valence-electron chi connectivity index (χ0n) is 12.1. The molecule has 2 aliphatic carbocycles. The number of fused-ring (bicyclic) bond motifs is 1. The minimum absolute atomic E-state index is 0.583. The van der Waals surface area contributed by atoms with Gasteiger partial charge >= 0.3 is 0 Å². The van der Waals surface area contributed by atoms with E-state index in [9.17, 15) is 10.4 Å². The van der Waals surface area contributed by atoms with Crippen molar-refractivity contribution < 1.29 is 5.11 Å². The first kappa shape index (κ1) is 13.6. The van der Waals surface area contributed by atoms with E-state index in [0.29, 0.717) is 0 Å². The Morgan fingerprint density at radius 3 is 2.35 bits per heavy atom. The first-order valence-electron chi connectivity index (χ1n) is 7.94. The highest BCUT2D eigenvalue weighted by Gasteiger charge is 2.53. The van der Waals surface area contributed by atoms with E-state index in [4.69, 9.17) is 0 Å². The lowest BCUT2D eigenvalue weighted by molar-refractivity contribution is -0.0827. The highest BCUT2D eigenvalue weighted by atomic mass is 16.3. The van der Waals surface area contributed by atoms with Gasteiger partial charge in [-0.15, -0.1) is 0 Å². The van der Waals surface area contributed by atoms with Crippen LogP contribution in [0.5, 0.6) is 0 Å². The van der Waals surface area contributed by atoms with Crippen LogP contribution in [0.2, 0.25) is 0 Å². The van der Waals surface area contributed by atoms with Crippen molar-refractivity contribution in [3.05, 3.63) is 35.4 Å². The van der Waals surface area contributed by atoms with E-state index in [1.165, 1.54) is 18.4 Å². The van der Waals surface area contributed by atoms with Crippen molar-refractivity contribution in [2.75, 3.05) is 0 Å². The highest BCUT2D eigenvalue weighted by molar-refractivity contribution is 5.38. The summed E-state index contributed by atoms with van der Waals surface area (Å²) in [6.45, 7) is 0. The monoisotopic (exact) mass is 269 g/mol. The maximum absolute atomic E-state index is 11.5. The minimum Gasteiger partial charge on any atom is -0.383 e. The largest absolute Gasteiger partial charge is 0.383 e. The van der Waals surface area contributed by atoms with Crippen LogP contribution < -0.4 is 0 Å². The van der Waals surface area contributed by atoms with Gasteiger partial charge in [0.1, 0.15) is 5.60 Å². The van der Waals surface area contributed by atoms with Gasteiger partial charge in [0.2, 0.25) is 0 Å². The third kappa shape index (κ3) is 1.96. The van der Waals surface area contributed by atoms with Crippen LogP contribution in [0, 0.1) is 16.7 Å². The molecule has 0 aliphatic heterocycles. The second-order valence-electron chi connectivity index (χ2n) is 6.48. The molecule has 0 saturated heterocycles. The van der Waals surface area contributed by atoms with E-state index in [-0.39, 0.29) is 0 Å². The molecule has 1 aromatic rings. The van der Waals surface area contributed by atoms with Crippen molar-refractivity contribution in [3.63, 3.8) is 0 Å². The number of aryl methyl sites for hydroxylation is 1. The molecule has 1 aromatic carbocycles. The summed E-state index contributed by atoms with van der Waals surface area (Å²) in [5, 5.41) is 21.4. The molecule has 106 valence electrons. The van der Waals surface area contributed by atoms with Crippen LogP contribution >= 0.6 is 0 Å².